The van der Waals surface area contributed by atoms with Crippen LogP contribution < -0.4 is 9.64 Å². The fourth-order valence-electron chi connectivity index (χ4n) is 5.63. The van der Waals surface area contributed by atoms with Crippen molar-refractivity contribution in [3.05, 3.63) is 12.4 Å². The first-order chi connectivity index (χ1) is 14.1. The van der Waals surface area contributed by atoms with Crippen LogP contribution in [0.5, 0.6) is 5.88 Å². The summed E-state index contributed by atoms with van der Waals surface area (Å²) in [4.78, 5) is 23.2. The number of ketones is 1. The van der Waals surface area contributed by atoms with Crippen LogP contribution >= 0.6 is 0 Å². The van der Waals surface area contributed by atoms with Gasteiger partial charge in [-0.15, -0.1) is 0 Å². The quantitative estimate of drug-likeness (QED) is 0.674. The Bertz CT molecular complexity index is 933. The van der Waals surface area contributed by atoms with E-state index in [0.29, 0.717) is 43.4 Å². The van der Waals surface area contributed by atoms with Crippen LogP contribution in [-0.4, -0.2) is 67.5 Å². The van der Waals surface area contributed by atoms with E-state index < -0.39 is 15.4 Å². The minimum Gasteiger partial charge on any atom is -0.470 e. The zero-order chi connectivity index (χ0) is 21.7. The third kappa shape index (κ3) is 3.39. The second-order valence-corrected chi connectivity index (χ2v) is 11.7. The predicted octanol–water partition coefficient (Wildman–Crippen LogP) is 2.11. The number of rotatable bonds is 6. The number of hydrogen-bond acceptors (Lipinski definition) is 7. The Morgan fingerprint density at radius 1 is 1.23 bits per heavy atom. The van der Waals surface area contributed by atoms with E-state index in [0.717, 1.165) is 12.8 Å². The van der Waals surface area contributed by atoms with Crippen LogP contribution in [0.25, 0.3) is 0 Å². The van der Waals surface area contributed by atoms with Crippen molar-refractivity contribution in [1.29, 1.82) is 0 Å². The SMILES string of the molecule is CN(C)c1nccnc1OC1CCCN(S(=O)(=O)CC23CCC(CC2=O)C3(C)C)C1. The summed E-state index contributed by atoms with van der Waals surface area (Å²) in [6.45, 7) is 4.89. The topological polar surface area (TPSA) is 92.7 Å². The van der Waals surface area contributed by atoms with Gasteiger partial charge in [-0.25, -0.2) is 18.4 Å². The summed E-state index contributed by atoms with van der Waals surface area (Å²) >= 11 is 0. The van der Waals surface area contributed by atoms with Gasteiger partial charge in [0.15, 0.2) is 5.82 Å². The van der Waals surface area contributed by atoms with Crippen molar-refractivity contribution in [2.24, 2.45) is 16.7 Å². The highest BCUT2D eigenvalue weighted by molar-refractivity contribution is 7.89. The first-order valence-corrected chi connectivity index (χ1v) is 12.3. The monoisotopic (exact) mass is 436 g/mol. The smallest absolute Gasteiger partial charge is 0.257 e. The lowest BCUT2D eigenvalue weighted by atomic mass is 9.70. The molecule has 0 radical (unpaired) electrons. The number of aromatic nitrogens is 2. The Hall–Kier alpha value is -1.74. The van der Waals surface area contributed by atoms with Crippen molar-refractivity contribution in [1.82, 2.24) is 14.3 Å². The van der Waals surface area contributed by atoms with Crippen molar-refractivity contribution >= 4 is 21.6 Å². The normalized spacial score (nSPS) is 31.1. The van der Waals surface area contributed by atoms with Crippen LogP contribution in [-0.2, 0) is 14.8 Å². The number of ether oxygens (including phenoxy) is 1. The molecule has 3 aliphatic rings. The van der Waals surface area contributed by atoms with Gasteiger partial charge in [-0.05, 0) is 37.0 Å². The molecule has 2 bridgehead atoms. The maximum absolute atomic E-state index is 13.4. The molecule has 8 nitrogen and oxygen atoms in total. The van der Waals surface area contributed by atoms with E-state index in [1.807, 2.05) is 19.0 Å². The second kappa shape index (κ2) is 7.44. The Balaban J connectivity index is 1.50. The second-order valence-electron chi connectivity index (χ2n) is 9.74. The Labute approximate surface area is 179 Å². The molecule has 1 aromatic rings. The number of nitrogens with zero attached hydrogens (tertiary/aromatic N) is 4. The first kappa shape index (κ1) is 21.5. The predicted molar refractivity (Wildman–Crippen MR) is 114 cm³/mol. The average molecular weight is 437 g/mol. The highest BCUT2D eigenvalue weighted by Crippen LogP contribution is 2.64. The van der Waals surface area contributed by atoms with Gasteiger partial charge in [-0.2, -0.15) is 4.31 Å². The van der Waals surface area contributed by atoms with E-state index >= 15 is 0 Å². The molecule has 0 aromatic carbocycles. The lowest BCUT2D eigenvalue weighted by molar-refractivity contribution is -0.128. The van der Waals surface area contributed by atoms with E-state index in [2.05, 4.69) is 23.8 Å². The van der Waals surface area contributed by atoms with Crippen molar-refractivity contribution in [2.75, 3.05) is 37.8 Å². The minimum absolute atomic E-state index is 0.0802. The van der Waals surface area contributed by atoms with Crippen LogP contribution in [0.1, 0.15) is 46.0 Å². The third-order valence-electron chi connectivity index (χ3n) is 7.65. The summed E-state index contributed by atoms with van der Waals surface area (Å²) in [5, 5.41) is 0. The van der Waals surface area contributed by atoms with Crippen LogP contribution in [0, 0.1) is 16.7 Å². The van der Waals surface area contributed by atoms with Gasteiger partial charge in [0, 0.05) is 44.9 Å². The van der Waals surface area contributed by atoms with Gasteiger partial charge in [0.05, 0.1) is 12.3 Å². The summed E-state index contributed by atoms with van der Waals surface area (Å²) in [6.07, 6.45) is 6.51. The Morgan fingerprint density at radius 2 is 1.97 bits per heavy atom. The van der Waals surface area contributed by atoms with Gasteiger partial charge in [-0.3, -0.25) is 4.79 Å². The Morgan fingerprint density at radius 3 is 2.60 bits per heavy atom. The molecule has 2 heterocycles. The maximum Gasteiger partial charge on any atom is 0.257 e. The molecule has 3 fully saturated rings. The van der Waals surface area contributed by atoms with E-state index in [9.17, 15) is 13.2 Å². The molecule has 2 aliphatic carbocycles. The molecule has 166 valence electrons. The number of carbonyl (C=O) groups excluding carboxylic acids is 1. The van der Waals surface area contributed by atoms with Crippen LogP contribution in [0.2, 0.25) is 0 Å². The number of anilines is 1. The number of fused-ring (bicyclic) bond motifs is 2. The lowest BCUT2D eigenvalue weighted by Crippen LogP contribution is -2.50. The van der Waals surface area contributed by atoms with Gasteiger partial charge in [0.25, 0.3) is 5.88 Å². The number of carbonyl (C=O) groups is 1. The van der Waals surface area contributed by atoms with Gasteiger partial charge in [0.1, 0.15) is 11.9 Å². The van der Waals surface area contributed by atoms with E-state index in [-0.39, 0.29) is 29.6 Å². The minimum atomic E-state index is -3.58. The molecule has 1 aliphatic heterocycles. The zero-order valence-electron chi connectivity index (χ0n) is 18.3. The molecule has 9 heteroatoms. The van der Waals surface area contributed by atoms with Crippen molar-refractivity contribution < 1.29 is 17.9 Å². The molecule has 30 heavy (non-hydrogen) atoms. The van der Waals surface area contributed by atoms with Crippen molar-refractivity contribution in [2.45, 2.75) is 52.1 Å². The molecular weight excluding hydrogens is 404 g/mol. The zero-order valence-corrected chi connectivity index (χ0v) is 19.1. The average Bonchev–Trinajstić information content (AvgIpc) is 3.02. The van der Waals surface area contributed by atoms with E-state index in [4.69, 9.17) is 4.74 Å². The summed E-state index contributed by atoms with van der Waals surface area (Å²) in [6, 6.07) is 0. The molecule has 1 aromatic heterocycles. The molecule has 0 amide bonds. The summed E-state index contributed by atoms with van der Waals surface area (Å²) in [5.74, 6) is 1.39. The van der Waals surface area contributed by atoms with Gasteiger partial charge >= 0.3 is 0 Å². The summed E-state index contributed by atoms with van der Waals surface area (Å²) in [5.41, 5.74) is -1.00. The highest BCUT2D eigenvalue weighted by atomic mass is 32.2. The molecule has 1 saturated heterocycles. The molecule has 3 atom stereocenters. The third-order valence-corrected chi connectivity index (χ3v) is 9.63. The van der Waals surface area contributed by atoms with Crippen LogP contribution in [0.3, 0.4) is 0 Å². The fourth-order valence-corrected chi connectivity index (χ4v) is 7.91. The molecule has 0 N–H and O–H groups in total. The molecule has 4 rings (SSSR count). The number of Topliss-reactive ketones (excluding diaryl/α,β-unsaturated/α-hetero) is 1. The van der Waals surface area contributed by atoms with Crippen LogP contribution in [0.15, 0.2) is 12.4 Å². The van der Waals surface area contributed by atoms with E-state index in [1.54, 1.807) is 12.4 Å². The first-order valence-electron chi connectivity index (χ1n) is 10.7. The fraction of sp³-hybridized carbons (Fsp3) is 0.762. The van der Waals surface area contributed by atoms with E-state index in [1.165, 1.54) is 4.31 Å². The summed E-state index contributed by atoms with van der Waals surface area (Å²) < 4.78 is 34.4. The number of piperidine rings is 1. The van der Waals surface area contributed by atoms with Gasteiger partial charge < -0.3 is 9.64 Å². The largest absolute Gasteiger partial charge is 0.470 e. The summed E-state index contributed by atoms with van der Waals surface area (Å²) in [7, 11) is 0.148. The maximum atomic E-state index is 13.4. The molecule has 3 unspecified atom stereocenters. The number of sulfonamides is 1. The lowest BCUT2D eigenvalue weighted by Gasteiger charge is -2.39. The number of hydrogen-bond donors (Lipinski definition) is 0. The highest BCUT2D eigenvalue weighted by Gasteiger charge is 2.65. The Kier molecular flexibility index (Phi) is 5.33. The standard InChI is InChI=1S/C21H32N4O4S/c1-20(2)15-7-8-21(20,17(26)12-15)14-30(27,28)25-11-5-6-16(13-25)29-19-18(24(3)4)22-9-10-23-19/h9-10,15-16H,5-8,11-14H2,1-4H3. The van der Waals surface area contributed by atoms with Gasteiger partial charge in [-0.1, -0.05) is 13.8 Å². The van der Waals surface area contributed by atoms with Crippen LogP contribution in [0.4, 0.5) is 5.82 Å². The van der Waals surface area contributed by atoms with Gasteiger partial charge in [0.2, 0.25) is 10.0 Å². The molecule has 0 spiro atoms. The molecular formula is C21H32N4O4S. The molecule has 2 saturated carbocycles. The van der Waals surface area contributed by atoms with Crippen molar-refractivity contribution in [3.63, 3.8) is 0 Å². The van der Waals surface area contributed by atoms with Crippen molar-refractivity contribution in [3.8, 4) is 5.88 Å².